The quantitative estimate of drug-likeness (QED) is 0.903. The zero-order valence-corrected chi connectivity index (χ0v) is 13.3. The van der Waals surface area contributed by atoms with Crippen molar-refractivity contribution in [2.45, 2.75) is 12.5 Å². The molecule has 21 heavy (non-hydrogen) atoms. The zero-order valence-electron chi connectivity index (χ0n) is 11.8. The summed E-state index contributed by atoms with van der Waals surface area (Å²) in [6.07, 6.45) is 1.03. The number of halogens is 2. The Hall–Kier alpha value is -0.810. The fraction of sp³-hybridized carbons (Fsp3) is 0.533. The third-order valence-electron chi connectivity index (χ3n) is 4.30. The van der Waals surface area contributed by atoms with Gasteiger partial charge in [0.15, 0.2) is 0 Å². The predicted molar refractivity (Wildman–Crippen MR) is 85.2 cm³/mol. The van der Waals surface area contributed by atoms with Crippen molar-refractivity contribution in [2.24, 2.45) is 0 Å². The van der Waals surface area contributed by atoms with Gasteiger partial charge in [0.05, 0.1) is 15.6 Å². The Morgan fingerprint density at radius 2 is 1.95 bits per heavy atom. The summed E-state index contributed by atoms with van der Waals surface area (Å²) in [6, 6.07) is 5.68. The van der Waals surface area contributed by atoms with Crippen LogP contribution in [0.25, 0.3) is 0 Å². The highest BCUT2D eigenvalue weighted by molar-refractivity contribution is 6.43. The lowest BCUT2D eigenvalue weighted by atomic mass is 10.2. The molecule has 1 amide bonds. The van der Waals surface area contributed by atoms with Gasteiger partial charge in [0, 0.05) is 45.3 Å². The first-order chi connectivity index (χ1) is 10.2. The molecule has 2 aliphatic heterocycles. The molecule has 0 spiro atoms. The molecular weight excluding hydrogens is 309 g/mol. The van der Waals surface area contributed by atoms with Gasteiger partial charge in [-0.2, -0.15) is 0 Å². The number of carbonyl (C=O) groups excluding carboxylic acids is 1. The van der Waals surface area contributed by atoms with Crippen LogP contribution in [0.15, 0.2) is 18.2 Å². The summed E-state index contributed by atoms with van der Waals surface area (Å²) in [5.41, 5.74) is 0.505. The zero-order chi connectivity index (χ0) is 14.8. The minimum Gasteiger partial charge on any atom is -0.337 e. The molecule has 1 N–H and O–H groups in total. The summed E-state index contributed by atoms with van der Waals surface area (Å²) in [5.74, 6) is -0.0138. The van der Waals surface area contributed by atoms with Crippen molar-refractivity contribution in [2.75, 3.05) is 39.3 Å². The Balaban J connectivity index is 1.68. The van der Waals surface area contributed by atoms with E-state index in [1.807, 2.05) is 4.90 Å². The number of hydrogen-bond acceptors (Lipinski definition) is 3. The number of rotatable bonds is 2. The second-order valence-corrected chi connectivity index (χ2v) is 6.37. The van der Waals surface area contributed by atoms with E-state index in [0.29, 0.717) is 21.7 Å². The highest BCUT2D eigenvalue weighted by atomic mass is 35.5. The third kappa shape index (κ3) is 3.19. The number of piperazine rings is 1. The van der Waals surface area contributed by atoms with E-state index in [2.05, 4.69) is 10.2 Å². The summed E-state index contributed by atoms with van der Waals surface area (Å²) in [7, 11) is 0. The van der Waals surface area contributed by atoms with Gasteiger partial charge in [-0.15, -0.1) is 0 Å². The molecule has 2 saturated heterocycles. The average molecular weight is 328 g/mol. The van der Waals surface area contributed by atoms with E-state index >= 15 is 0 Å². The molecule has 3 rings (SSSR count). The molecule has 1 aromatic rings. The van der Waals surface area contributed by atoms with Gasteiger partial charge in [-0.25, -0.2) is 0 Å². The molecule has 0 saturated carbocycles. The number of nitrogens with one attached hydrogen (secondary N) is 1. The van der Waals surface area contributed by atoms with Crippen LogP contribution in [0, 0.1) is 0 Å². The molecule has 2 aliphatic rings. The van der Waals surface area contributed by atoms with Crippen molar-refractivity contribution in [1.29, 1.82) is 0 Å². The Labute approximate surface area is 135 Å². The maximum Gasteiger partial charge on any atom is 0.255 e. The summed E-state index contributed by atoms with van der Waals surface area (Å²) in [5, 5.41) is 4.14. The predicted octanol–water partition coefficient (Wildman–Crippen LogP) is 2.11. The Morgan fingerprint density at radius 1 is 1.19 bits per heavy atom. The van der Waals surface area contributed by atoms with E-state index in [4.69, 9.17) is 23.2 Å². The number of carbonyl (C=O) groups is 1. The number of benzene rings is 1. The van der Waals surface area contributed by atoms with Crippen LogP contribution in [-0.4, -0.2) is 61.0 Å². The molecule has 2 fully saturated rings. The lowest BCUT2D eigenvalue weighted by molar-refractivity contribution is 0.0773. The fourth-order valence-electron chi connectivity index (χ4n) is 3.11. The third-order valence-corrected chi connectivity index (χ3v) is 5.12. The summed E-state index contributed by atoms with van der Waals surface area (Å²) in [4.78, 5) is 17.0. The Bertz CT molecular complexity index is 532. The molecule has 6 heteroatoms. The maximum absolute atomic E-state index is 12.6. The minimum atomic E-state index is -0.0138. The summed E-state index contributed by atoms with van der Waals surface area (Å²) in [6.45, 7) is 5.75. The van der Waals surface area contributed by atoms with Gasteiger partial charge in [-0.1, -0.05) is 29.3 Å². The molecule has 1 unspecified atom stereocenters. The van der Waals surface area contributed by atoms with Crippen molar-refractivity contribution in [3.05, 3.63) is 33.8 Å². The first-order valence-electron chi connectivity index (χ1n) is 7.35. The highest BCUT2D eigenvalue weighted by Gasteiger charge is 2.32. The topological polar surface area (TPSA) is 35.6 Å². The van der Waals surface area contributed by atoms with Crippen LogP contribution in [0.5, 0.6) is 0 Å². The van der Waals surface area contributed by atoms with E-state index < -0.39 is 0 Å². The number of nitrogens with zero attached hydrogens (tertiary/aromatic N) is 2. The van der Waals surface area contributed by atoms with Crippen LogP contribution in [0.4, 0.5) is 0 Å². The summed E-state index contributed by atoms with van der Waals surface area (Å²) < 4.78 is 0. The molecule has 2 heterocycles. The summed E-state index contributed by atoms with van der Waals surface area (Å²) >= 11 is 12.2. The van der Waals surface area contributed by atoms with Gasteiger partial charge in [0.1, 0.15) is 0 Å². The normalized spacial score (nSPS) is 23.5. The van der Waals surface area contributed by atoms with Crippen LogP contribution in [0.2, 0.25) is 10.0 Å². The van der Waals surface area contributed by atoms with Gasteiger partial charge in [-0.3, -0.25) is 9.69 Å². The van der Waals surface area contributed by atoms with Crippen molar-refractivity contribution >= 4 is 29.1 Å². The van der Waals surface area contributed by atoms with Crippen LogP contribution in [0.3, 0.4) is 0 Å². The van der Waals surface area contributed by atoms with Crippen LogP contribution in [-0.2, 0) is 0 Å². The minimum absolute atomic E-state index is 0.0138. The average Bonchev–Trinajstić information content (AvgIpc) is 3.00. The van der Waals surface area contributed by atoms with Gasteiger partial charge in [0.2, 0.25) is 0 Å². The maximum atomic E-state index is 12.6. The molecule has 1 aromatic carbocycles. The van der Waals surface area contributed by atoms with Gasteiger partial charge >= 0.3 is 0 Å². The SMILES string of the molecule is O=C(c1cccc(Cl)c1Cl)N1CCC(N2CCNCC2)C1. The van der Waals surface area contributed by atoms with Gasteiger partial charge in [0.25, 0.3) is 5.91 Å². The van der Waals surface area contributed by atoms with Crippen molar-refractivity contribution < 1.29 is 4.79 Å². The monoisotopic (exact) mass is 327 g/mol. The highest BCUT2D eigenvalue weighted by Crippen LogP contribution is 2.28. The molecule has 0 aliphatic carbocycles. The van der Waals surface area contributed by atoms with Crippen molar-refractivity contribution in [3.63, 3.8) is 0 Å². The second kappa shape index (κ2) is 6.53. The largest absolute Gasteiger partial charge is 0.337 e. The first-order valence-corrected chi connectivity index (χ1v) is 8.10. The molecule has 0 radical (unpaired) electrons. The standard InChI is InChI=1S/C15H19Cl2N3O/c16-13-3-1-2-12(14(13)17)15(21)20-7-4-11(10-20)19-8-5-18-6-9-19/h1-3,11,18H,4-10H2. The molecule has 1 atom stereocenters. The van der Waals surface area contributed by atoms with E-state index in [1.54, 1.807) is 18.2 Å². The van der Waals surface area contributed by atoms with Crippen LogP contribution in [0.1, 0.15) is 16.8 Å². The van der Waals surface area contributed by atoms with E-state index in [9.17, 15) is 4.79 Å². The first kappa shape index (κ1) is 15.1. The Morgan fingerprint density at radius 3 is 2.71 bits per heavy atom. The van der Waals surface area contributed by atoms with E-state index in [1.165, 1.54) is 0 Å². The van der Waals surface area contributed by atoms with E-state index in [0.717, 1.165) is 45.7 Å². The Kier molecular flexibility index (Phi) is 4.69. The van der Waals surface area contributed by atoms with Crippen molar-refractivity contribution in [3.8, 4) is 0 Å². The molecule has 114 valence electrons. The van der Waals surface area contributed by atoms with E-state index in [-0.39, 0.29) is 5.91 Å². The number of likely N-dealkylation sites (tertiary alicyclic amines) is 1. The molecule has 0 aromatic heterocycles. The smallest absolute Gasteiger partial charge is 0.255 e. The molecule has 0 bridgehead atoms. The number of hydrogen-bond donors (Lipinski definition) is 1. The number of amides is 1. The fourth-order valence-corrected chi connectivity index (χ4v) is 3.49. The lowest BCUT2D eigenvalue weighted by Gasteiger charge is -2.32. The van der Waals surface area contributed by atoms with Crippen LogP contribution < -0.4 is 5.32 Å². The van der Waals surface area contributed by atoms with Crippen molar-refractivity contribution in [1.82, 2.24) is 15.1 Å². The van der Waals surface area contributed by atoms with Gasteiger partial charge < -0.3 is 10.2 Å². The molecular formula is C15H19Cl2N3O. The molecule has 4 nitrogen and oxygen atoms in total. The van der Waals surface area contributed by atoms with Gasteiger partial charge in [-0.05, 0) is 18.6 Å². The second-order valence-electron chi connectivity index (χ2n) is 5.58. The van der Waals surface area contributed by atoms with Crippen LogP contribution >= 0.6 is 23.2 Å². The lowest BCUT2D eigenvalue weighted by Crippen LogP contribution is -2.49.